The normalized spacial score (nSPS) is 16.9. The molecule has 0 atom stereocenters. The van der Waals surface area contributed by atoms with Gasteiger partial charge in [-0.3, -0.25) is 9.69 Å². The first-order valence-corrected chi connectivity index (χ1v) is 13.9. The summed E-state index contributed by atoms with van der Waals surface area (Å²) in [5.41, 5.74) is 2.93. The van der Waals surface area contributed by atoms with Crippen molar-refractivity contribution in [3.63, 3.8) is 0 Å². The molecule has 1 saturated carbocycles. The minimum absolute atomic E-state index is 0.0424. The van der Waals surface area contributed by atoms with Crippen molar-refractivity contribution in [1.29, 1.82) is 0 Å². The lowest BCUT2D eigenvalue weighted by Gasteiger charge is -2.34. The summed E-state index contributed by atoms with van der Waals surface area (Å²) in [5.74, 6) is 0.563. The van der Waals surface area contributed by atoms with E-state index in [4.69, 9.17) is 0 Å². The molecule has 2 aliphatic rings. The van der Waals surface area contributed by atoms with Gasteiger partial charge < -0.3 is 15.1 Å². The van der Waals surface area contributed by atoms with Gasteiger partial charge in [0.25, 0.3) is 0 Å². The number of carbonyl (C=O) groups is 1. The Balaban J connectivity index is 1.44. The SMILES string of the molecule is CN(C)CCN(Cc1ccccc1C(F)(F)F)C(=O)CNc1cccc2c1CN(CC1CCCCC1)CC2. The topological polar surface area (TPSA) is 38.8 Å². The summed E-state index contributed by atoms with van der Waals surface area (Å²) in [6.45, 7) is 3.93. The Morgan fingerprint density at radius 1 is 1.03 bits per heavy atom. The van der Waals surface area contributed by atoms with Gasteiger partial charge in [-0.2, -0.15) is 13.2 Å². The Hall–Kier alpha value is -2.58. The molecule has 2 aromatic rings. The highest BCUT2D eigenvalue weighted by molar-refractivity contribution is 5.81. The molecule has 0 spiro atoms. The molecule has 0 bridgehead atoms. The van der Waals surface area contributed by atoms with Crippen LogP contribution in [0.4, 0.5) is 18.9 Å². The van der Waals surface area contributed by atoms with Gasteiger partial charge in [-0.15, -0.1) is 0 Å². The molecule has 5 nitrogen and oxygen atoms in total. The molecule has 1 amide bonds. The third kappa shape index (κ3) is 7.73. The Kier molecular flexibility index (Phi) is 9.71. The number of amides is 1. The maximum atomic E-state index is 13.6. The van der Waals surface area contributed by atoms with Gasteiger partial charge in [-0.25, -0.2) is 0 Å². The molecule has 1 fully saturated rings. The first kappa shape index (κ1) is 28.4. The third-order valence-electron chi connectivity index (χ3n) is 7.88. The number of hydrogen-bond donors (Lipinski definition) is 1. The highest BCUT2D eigenvalue weighted by atomic mass is 19.4. The molecule has 1 aliphatic carbocycles. The minimum Gasteiger partial charge on any atom is -0.376 e. The number of benzene rings is 2. The number of likely N-dealkylation sites (N-methyl/N-ethyl adjacent to an activating group) is 1. The van der Waals surface area contributed by atoms with Crippen LogP contribution in [-0.2, 0) is 30.5 Å². The number of carbonyl (C=O) groups excluding carboxylic acids is 1. The van der Waals surface area contributed by atoms with Crippen LogP contribution in [0.15, 0.2) is 42.5 Å². The second-order valence-corrected chi connectivity index (χ2v) is 11.1. The smallest absolute Gasteiger partial charge is 0.376 e. The monoisotopic (exact) mass is 530 g/mol. The fraction of sp³-hybridized carbons (Fsp3) is 0.567. The molecule has 38 heavy (non-hydrogen) atoms. The fourth-order valence-electron chi connectivity index (χ4n) is 5.73. The van der Waals surface area contributed by atoms with Crippen molar-refractivity contribution >= 4 is 11.6 Å². The van der Waals surface area contributed by atoms with Gasteiger partial charge in [0, 0.05) is 45.0 Å². The number of nitrogens with zero attached hydrogens (tertiary/aromatic N) is 3. The van der Waals surface area contributed by atoms with Crippen molar-refractivity contribution in [2.45, 2.75) is 57.8 Å². The van der Waals surface area contributed by atoms with Crippen LogP contribution in [0.5, 0.6) is 0 Å². The lowest BCUT2D eigenvalue weighted by Crippen LogP contribution is -2.40. The Bertz CT molecular complexity index is 1070. The van der Waals surface area contributed by atoms with E-state index in [1.54, 1.807) is 6.07 Å². The first-order valence-electron chi connectivity index (χ1n) is 13.9. The second-order valence-electron chi connectivity index (χ2n) is 11.1. The summed E-state index contributed by atoms with van der Waals surface area (Å²) in [5, 5.41) is 3.34. The van der Waals surface area contributed by atoms with E-state index < -0.39 is 11.7 Å². The zero-order chi connectivity index (χ0) is 27.1. The zero-order valence-electron chi connectivity index (χ0n) is 22.7. The highest BCUT2D eigenvalue weighted by Gasteiger charge is 2.33. The molecule has 1 heterocycles. The maximum Gasteiger partial charge on any atom is 0.416 e. The quantitative estimate of drug-likeness (QED) is 0.431. The van der Waals surface area contributed by atoms with E-state index in [2.05, 4.69) is 16.3 Å². The van der Waals surface area contributed by atoms with Crippen LogP contribution in [-0.4, -0.2) is 67.4 Å². The molecule has 1 N–H and O–H groups in total. The summed E-state index contributed by atoms with van der Waals surface area (Å²) >= 11 is 0. The standard InChI is InChI=1S/C30H41F3N4O/c1-35(2)17-18-37(21-25-11-6-7-13-27(25)30(31,32)33)29(38)19-34-28-14-8-12-24-15-16-36(22-26(24)28)20-23-9-4-3-5-10-23/h6-8,11-14,23,34H,3-5,9-10,15-22H2,1-2H3. The number of anilines is 1. The zero-order valence-corrected chi connectivity index (χ0v) is 22.7. The molecule has 4 rings (SSSR count). The number of alkyl halides is 3. The van der Waals surface area contributed by atoms with Crippen LogP contribution in [0.2, 0.25) is 0 Å². The van der Waals surface area contributed by atoms with Gasteiger partial charge in [0.05, 0.1) is 12.1 Å². The summed E-state index contributed by atoms with van der Waals surface area (Å²) < 4.78 is 40.8. The van der Waals surface area contributed by atoms with E-state index in [9.17, 15) is 18.0 Å². The Morgan fingerprint density at radius 3 is 2.53 bits per heavy atom. The Morgan fingerprint density at radius 2 is 1.79 bits per heavy atom. The van der Waals surface area contributed by atoms with Gasteiger partial charge in [-0.05, 0) is 68.1 Å². The maximum absolute atomic E-state index is 13.6. The van der Waals surface area contributed by atoms with Crippen molar-refractivity contribution in [3.8, 4) is 0 Å². The van der Waals surface area contributed by atoms with Crippen molar-refractivity contribution < 1.29 is 18.0 Å². The van der Waals surface area contributed by atoms with Crippen LogP contribution >= 0.6 is 0 Å². The number of nitrogens with one attached hydrogen (secondary N) is 1. The lowest BCUT2D eigenvalue weighted by molar-refractivity contribution is -0.139. The molecule has 2 aromatic carbocycles. The molecule has 1 aliphatic heterocycles. The molecular weight excluding hydrogens is 489 g/mol. The van der Waals surface area contributed by atoms with Crippen LogP contribution in [0.1, 0.15) is 54.4 Å². The van der Waals surface area contributed by atoms with Crippen molar-refractivity contribution in [1.82, 2.24) is 14.7 Å². The lowest BCUT2D eigenvalue weighted by atomic mass is 9.88. The highest BCUT2D eigenvalue weighted by Crippen LogP contribution is 2.33. The average molecular weight is 531 g/mol. The largest absolute Gasteiger partial charge is 0.416 e. The summed E-state index contributed by atoms with van der Waals surface area (Å²) in [4.78, 5) is 19.3. The molecule has 0 unspecified atom stereocenters. The van der Waals surface area contributed by atoms with Crippen LogP contribution < -0.4 is 5.32 Å². The van der Waals surface area contributed by atoms with E-state index in [-0.39, 0.29) is 24.6 Å². The van der Waals surface area contributed by atoms with Crippen molar-refractivity contribution in [3.05, 3.63) is 64.7 Å². The van der Waals surface area contributed by atoms with Gasteiger partial charge in [0.15, 0.2) is 0 Å². The van der Waals surface area contributed by atoms with E-state index in [0.29, 0.717) is 13.1 Å². The van der Waals surface area contributed by atoms with Gasteiger partial charge in [0.2, 0.25) is 5.91 Å². The average Bonchev–Trinajstić information content (AvgIpc) is 2.89. The molecule has 208 valence electrons. The van der Waals surface area contributed by atoms with Gasteiger partial charge in [-0.1, -0.05) is 49.6 Å². The minimum atomic E-state index is -4.46. The summed E-state index contributed by atoms with van der Waals surface area (Å²) in [6, 6.07) is 11.7. The second kappa shape index (κ2) is 13.0. The number of rotatable bonds is 10. The van der Waals surface area contributed by atoms with Crippen molar-refractivity contribution in [2.75, 3.05) is 52.1 Å². The molecular formula is C30H41F3N4O. The van der Waals surface area contributed by atoms with Gasteiger partial charge >= 0.3 is 6.18 Å². The van der Waals surface area contributed by atoms with Crippen LogP contribution in [0, 0.1) is 5.92 Å². The molecule has 0 saturated heterocycles. The molecule has 0 aromatic heterocycles. The van der Waals surface area contributed by atoms with E-state index in [1.165, 1.54) is 60.3 Å². The van der Waals surface area contributed by atoms with Crippen LogP contribution in [0.3, 0.4) is 0 Å². The fourth-order valence-corrected chi connectivity index (χ4v) is 5.73. The first-order chi connectivity index (χ1) is 18.2. The van der Waals surface area contributed by atoms with E-state index >= 15 is 0 Å². The molecule has 0 radical (unpaired) electrons. The number of halogens is 3. The van der Waals surface area contributed by atoms with E-state index in [1.807, 2.05) is 31.1 Å². The Labute approximate surface area is 225 Å². The van der Waals surface area contributed by atoms with Gasteiger partial charge in [0.1, 0.15) is 0 Å². The predicted molar refractivity (Wildman–Crippen MR) is 146 cm³/mol. The number of fused-ring (bicyclic) bond motifs is 1. The summed E-state index contributed by atoms with van der Waals surface area (Å²) in [7, 11) is 3.78. The summed E-state index contributed by atoms with van der Waals surface area (Å²) in [6.07, 6.45) is 3.20. The predicted octanol–water partition coefficient (Wildman–Crippen LogP) is 5.65. The third-order valence-corrected chi connectivity index (χ3v) is 7.88. The number of hydrogen-bond acceptors (Lipinski definition) is 4. The molecule has 8 heteroatoms. The van der Waals surface area contributed by atoms with Crippen molar-refractivity contribution in [2.24, 2.45) is 5.92 Å². The van der Waals surface area contributed by atoms with Crippen LogP contribution in [0.25, 0.3) is 0 Å². The van der Waals surface area contributed by atoms with E-state index in [0.717, 1.165) is 43.7 Å².